The van der Waals surface area contributed by atoms with Crippen molar-refractivity contribution in [1.82, 2.24) is 19.5 Å². The second-order valence-electron chi connectivity index (χ2n) is 6.41. The van der Waals surface area contributed by atoms with E-state index in [-0.39, 0.29) is 17.8 Å². The molecule has 5 N–H and O–H groups in total. The first-order valence-corrected chi connectivity index (χ1v) is 8.63. The summed E-state index contributed by atoms with van der Waals surface area (Å²) in [6.07, 6.45) is 5.91. The van der Waals surface area contributed by atoms with Gasteiger partial charge in [0.2, 0.25) is 17.8 Å². The van der Waals surface area contributed by atoms with Gasteiger partial charge in [-0.15, -0.1) is 0 Å². The van der Waals surface area contributed by atoms with E-state index >= 15 is 0 Å². The van der Waals surface area contributed by atoms with Crippen LogP contribution in [0.3, 0.4) is 0 Å². The third-order valence-corrected chi connectivity index (χ3v) is 4.32. The molecule has 0 amide bonds. The lowest BCUT2D eigenvalue weighted by Crippen LogP contribution is -2.18. The van der Waals surface area contributed by atoms with Crippen LogP contribution < -0.4 is 21.3 Å². The highest BCUT2D eigenvalue weighted by atomic mass is 15.4. The van der Waals surface area contributed by atoms with Crippen molar-refractivity contribution in [3.63, 3.8) is 0 Å². The van der Waals surface area contributed by atoms with Crippen LogP contribution in [0.4, 0.5) is 17.8 Å². The Labute approximate surface area is 161 Å². The van der Waals surface area contributed by atoms with Crippen LogP contribution in [0.1, 0.15) is 11.1 Å². The Hall–Kier alpha value is -4.01. The fraction of sp³-hybridized carbons (Fsp3) is 0.105. The molecule has 28 heavy (non-hydrogen) atoms. The van der Waals surface area contributed by atoms with Crippen molar-refractivity contribution in [3.05, 3.63) is 59.9 Å². The lowest BCUT2D eigenvalue weighted by atomic mass is 10.1. The summed E-state index contributed by atoms with van der Waals surface area (Å²) < 4.78 is 4.30. The molecule has 0 unspecified atom stereocenters. The van der Waals surface area contributed by atoms with Gasteiger partial charge < -0.3 is 11.5 Å². The van der Waals surface area contributed by atoms with Crippen molar-refractivity contribution in [2.75, 3.05) is 16.9 Å². The highest BCUT2D eigenvalue weighted by Crippen LogP contribution is 2.20. The predicted octanol–water partition coefficient (Wildman–Crippen LogP) is 1.53. The zero-order chi connectivity index (χ0) is 19.7. The van der Waals surface area contributed by atoms with Crippen LogP contribution in [0.15, 0.2) is 53.9 Å². The average Bonchev–Trinajstić information content (AvgIpc) is 2.97. The monoisotopic (exact) mass is 374 g/mol. The third kappa shape index (κ3) is 3.45. The number of fused-ring (bicyclic) bond motifs is 1. The molecule has 0 fully saturated rings. The van der Waals surface area contributed by atoms with E-state index in [1.807, 2.05) is 12.1 Å². The number of anilines is 3. The van der Waals surface area contributed by atoms with Gasteiger partial charge in [0.1, 0.15) is 6.20 Å². The van der Waals surface area contributed by atoms with E-state index in [0.717, 1.165) is 22.5 Å². The van der Waals surface area contributed by atoms with E-state index in [2.05, 4.69) is 85.1 Å². The van der Waals surface area contributed by atoms with Gasteiger partial charge in [-0.05, 0) is 36.2 Å². The number of hydrogen-bond acceptors (Lipinski definition) is 7. The number of pyridine rings is 1. The lowest BCUT2D eigenvalue weighted by Gasteiger charge is -2.01. The summed E-state index contributed by atoms with van der Waals surface area (Å²) in [5.74, 6) is 0.274. The van der Waals surface area contributed by atoms with Gasteiger partial charge in [0.15, 0.2) is 5.69 Å². The summed E-state index contributed by atoms with van der Waals surface area (Å²) in [5, 5.41) is 4.11. The lowest BCUT2D eigenvalue weighted by molar-refractivity contribution is -0.510. The minimum absolute atomic E-state index is 0.0394. The molecule has 9 nitrogen and oxygen atoms in total. The molecule has 0 spiro atoms. The number of hydrogen-bond donors (Lipinski definition) is 3. The van der Waals surface area contributed by atoms with E-state index in [1.54, 1.807) is 6.21 Å². The van der Waals surface area contributed by atoms with Gasteiger partial charge in [0.05, 0.1) is 19.5 Å². The first kappa shape index (κ1) is 17.4. The number of aromatic nitrogens is 5. The first-order valence-electron chi connectivity index (χ1n) is 8.63. The molecule has 0 aliphatic heterocycles. The van der Waals surface area contributed by atoms with Gasteiger partial charge in [-0.2, -0.15) is 20.1 Å². The number of nitrogen functional groups attached to an aromatic ring is 2. The van der Waals surface area contributed by atoms with E-state index < -0.39 is 0 Å². The maximum atomic E-state index is 5.52. The molecule has 0 bridgehead atoms. The molecule has 4 aromatic rings. The zero-order valence-electron chi connectivity index (χ0n) is 15.5. The van der Waals surface area contributed by atoms with Gasteiger partial charge in [-0.1, -0.05) is 12.1 Å². The Balaban J connectivity index is 1.53. The Morgan fingerprint density at radius 3 is 2.43 bits per heavy atom. The molecule has 0 saturated heterocycles. The smallest absolute Gasteiger partial charge is 0.286 e. The predicted molar refractivity (Wildman–Crippen MR) is 109 cm³/mol. The molecule has 9 heteroatoms. The van der Waals surface area contributed by atoms with Gasteiger partial charge >= 0.3 is 0 Å². The molecule has 3 aromatic heterocycles. The summed E-state index contributed by atoms with van der Waals surface area (Å²) >= 11 is 0. The Morgan fingerprint density at radius 2 is 1.71 bits per heavy atom. The fourth-order valence-electron chi connectivity index (χ4n) is 2.98. The SMILES string of the molecule is Cc1ccc2n(C)c(-c3ccc(/C=N/Nc4nc(N)nc(N)n4)cc3)c[n+]2c1. The van der Waals surface area contributed by atoms with Crippen LogP contribution in [0.25, 0.3) is 16.9 Å². The van der Waals surface area contributed by atoms with Crippen LogP contribution in [0, 0.1) is 6.92 Å². The number of imidazole rings is 1. The summed E-state index contributed by atoms with van der Waals surface area (Å²) in [6, 6.07) is 12.3. The molecular formula is C19H20N9+. The average molecular weight is 374 g/mol. The van der Waals surface area contributed by atoms with Crippen molar-refractivity contribution in [1.29, 1.82) is 0 Å². The van der Waals surface area contributed by atoms with Crippen molar-refractivity contribution < 1.29 is 4.40 Å². The second-order valence-corrected chi connectivity index (χ2v) is 6.41. The van der Waals surface area contributed by atoms with E-state index in [4.69, 9.17) is 11.5 Å². The van der Waals surface area contributed by atoms with Crippen molar-refractivity contribution in [3.8, 4) is 11.3 Å². The Bertz CT molecular complexity index is 1160. The highest BCUT2D eigenvalue weighted by Gasteiger charge is 2.15. The topological polar surface area (TPSA) is 124 Å². The van der Waals surface area contributed by atoms with E-state index in [0.29, 0.717) is 0 Å². The normalized spacial score (nSPS) is 11.4. The van der Waals surface area contributed by atoms with Gasteiger partial charge in [-0.3, -0.25) is 0 Å². The zero-order valence-corrected chi connectivity index (χ0v) is 15.5. The molecule has 0 saturated carbocycles. The van der Waals surface area contributed by atoms with E-state index in [1.165, 1.54) is 5.56 Å². The minimum Gasteiger partial charge on any atom is -0.368 e. The Kier molecular flexibility index (Phi) is 4.32. The number of hydrazone groups is 1. The molecule has 1 aromatic carbocycles. The van der Waals surface area contributed by atoms with Crippen molar-refractivity contribution >= 4 is 29.7 Å². The van der Waals surface area contributed by atoms with Crippen LogP contribution >= 0.6 is 0 Å². The number of rotatable bonds is 4. The standard InChI is InChI=1S/C19H20N9/c1-12-3-8-16-27(2)15(11-28(16)10-12)14-6-4-13(5-7-14)9-22-26-19-24-17(20)23-18(21)25-19/h3-11H,1-2H3,(H5,20,21,23,24,25,26)/q+1/b22-9+. The van der Waals surface area contributed by atoms with Crippen LogP contribution in [-0.4, -0.2) is 25.7 Å². The third-order valence-electron chi connectivity index (χ3n) is 4.32. The number of nitrogens with two attached hydrogens (primary N) is 2. The molecule has 140 valence electrons. The molecule has 0 radical (unpaired) electrons. The molecule has 4 rings (SSSR count). The quantitative estimate of drug-likeness (QED) is 0.283. The highest BCUT2D eigenvalue weighted by molar-refractivity contribution is 5.81. The van der Waals surface area contributed by atoms with Crippen molar-refractivity contribution in [2.45, 2.75) is 6.92 Å². The second kappa shape index (κ2) is 6.95. The van der Waals surface area contributed by atoms with Crippen molar-refractivity contribution in [2.24, 2.45) is 12.1 Å². The van der Waals surface area contributed by atoms with Crippen LogP contribution in [0.5, 0.6) is 0 Å². The number of benzene rings is 1. The van der Waals surface area contributed by atoms with Gasteiger partial charge in [-0.25, -0.2) is 14.4 Å². The molecule has 0 atom stereocenters. The minimum atomic E-state index is 0.0394. The molecular weight excluding hydrogens is 354 g/mol. The summed E-state index contributed by atoms with van der Waals surface area (Å²) in [6.45, 7) is 2.08. The molecule has 3 heterocycles. The van der Waals surface area contributed by atoms with Gasteiger partial charge in [0.25, 0.3) is 5.65 Å². The maximum Gasteiger partial charge on any atom is 0.286 e. The Morgan fingerprint density at radius 1 is 1.00 bits per heavy atom. The largest absolute Gasteiger partial charge is 0.368 e. The maximum absolute atomic E-state index is 5.52. The number of nitrogens with one attached hydrogen (secondary N) is 1. The first-order chi connectivity index (χ1) is 13.5. The fourth-order valence-corrected chi connectivity index (χ4v) is 2.98. The van der Waals surface area contributed by atoms with E-state index in [9.17, 15) is 0 Å². The van der Waals surface area contributed by atoms with Gasteiger partial charge in [0, 0.05) is 11.6 Å². The summed E-state index contributed by atoms with van der Waals surface area (Å²) in [4.78, 5) is 11.5. The number of aryl methyl sites for hydroxylation is 2. The summed E-state index contributed by atoms with van der Waals surface area (Å²) in [5.41, 5.74) is 19.3. The molecule has 0 aliphatic carbocycles. The molecule has 0 aliphatic rings. The van der Waals surface area contributed by atoms with Crippen LogP contribution in [0.2, 0.25) is 0 Å². The van der Waals surface area contributed by atoms with Crippen LogP contribution in [-0.2, 0) is 7.05 Å². The summed E-state index contributed by atoms with van der Waals surface area (Å²) in [7, 11) is 2.06. The number of nitrogens with zero attached hydrogens (tertiary/aromatic N) is 6.